The summed E-state index contributed by atoms with van der Waals surface area (Å²) in [5, 5.41) is 9.92. The number of ether oxygens (including phenoxy) is 2. The Balaban J connectivity index is 1.80. The molecule has 2 atom stereocenters. The lowest BCUT2D eigenvalue weighted by Crippen LogP contribution is -2.51. The summed E-state index contributed by atoms with van der Waals surface area (Å²) in [5.41, 5.74) is 0. The van der Waals surface area contributed by atoms with Crippen LogP contribution in [0.3, 0.4) is 0 Å². The predicted octanol–water partition coefficient (Wildman–Crippen LogP) is 0.180. The minimum Gasteiger partial charge on any atom is -0.389 e. The van der Waals surface area contributed by atoms with E-state index in [0.29, 0.717) is 12.6 Å². The minimum atomic E-state index is -0.365. The fourth-order valence-electron chi connectivity index (χ4n) is 3.10. The summed E-state index contributed by atoms with van der Waals surface area (Å²) in [6.07, 6.45) is 3.44. The van der Waals surface area contributed by atoms with Gasteiger partial charge in [-0.2, -0.15) is 0 Å². The van der Waals surface area contributed by atoms with Crippen LogP contribution in [0.2, 0.25) is 0 Å². The third kappa shape index (κ3) is 5.00. The third-order valence-electron chi connectivity index (χ3n) is 4.13. The van der Waals surface area contributed by atoms with Crippen LogP contribution in [0.25, 0.3) is 0 Å². The Labute approximate surface area is 116 Å². The molecule has 112 valence electrons. The van der Waals surface area contributed by atoms with Gasteiger partial charge in [0.05, 0.1) is 25.9 Å². The first kappa shape index (κ1) is 15.2. The number of aliphatic hydroxyl groups is 1. The molecule has 2 heterocycles. The van der Waals surface area contributed by atoms with Crippen LogP contribution in [-0.2, 0) is 9.47 Å². The second-order valence-electron chi connectivity index (χ2n) is 5.67. The Morgan fingerprint density at radius 3 is 2.79 bits per heavy atom. The fraction of sp³-hybridized carbons (Fsp3) is 1.00. The number of piperidine rings is 1. The van der Waals surface area contributed by atoms with Gasteiger partial charge in [-0.3, -0.25) is 9.80 Å². The second-order valence-corrected chi connectivity index (χ2v) is 5.67. The van der Waals surface area contributed by atoms with Gasteiger partial charge >= 0.3 is 0 Å². The first-order valence-electron chi connectivity index (χ1n) is 7.50. The number of nitrogens with zero attached hydrogens (tertiary/aromatic N) is 2. The number of likely N-dealkylation sites (tertiary alicyclic amines) is 1. The van der Waals surface area contributed by atoms with Gasteiger partial charge in [-0.25, -0.2) is 0 Å². The second kappa shape index (κ2) is 8.17. The number of β-amino-alcohol motifs (C(OH)–C–C–N with tert-alkyl or cyclic N) is 1. The van der Waals surface area contributed by atoms with Gasteiger partial charge < -0.3 is 14.6 Å². The highest BCUT2D eigenvalue weighted by molar-refractivity contribution is 4.82. The Kier molecular flexibility index (Phi) is 6.53. The summed E-state index contributed by atoms with van der Waals surface area (Å²) in [6.45, 7) is 7.20. The van der Waals surface area contributed by atoms with E-state index in [0.717, 1.165) is 45.9 Å². The summed E-state index contributed by atoms with van der Waals surface area (Å²) in [6, 6.07) is 0.582. The van der Waals surface area contributed by atoms with Crippen LogP contribution in [-0.4, -0.2) is 86.7 Å². The van der Waals surface area contributed by atoms with Crippen LogP contribution in [0.1, 0.15) is 19.3 Å². The van der Waals surface area contributed by atoms with Crippen molar-refractivity contribution in [1.82, 2.24) is 9.80 Å². The smallest absolute Gasteiger partial charge is 0.0900 e. The van der Waals surface area contributed by atoms with Crippen LogP contribution in [0.5, 0.6) is 0 Å². The van der Waals surface area contributed by atoms with Crippen LogP contribution in [0.4, 0.5) is 0 Å². The van der Waals surface area contributed by atoms with Crippen LogP contribution in [0, 0.1) is 0 Å². The molecule has 0 amide bonds. The maximum atomic E-state index is 9.92. The fourth-order valence-corrected chi connectivity index (χ4v) is 3.10. The molecule has 0 spiro atoms. The molecule has 0 aliphatic carbocycles. The predicted molar refractivity (Wildman–Crippen MR) is 74.4 cm³/mol. The molecule has 2 aliphatic rings. The van der Waals surface area contributed by atoms with Crippen molar-refractivity contribution < 1.29 is 14.6 Å². The Hall–Kier alpha value is -0.200. The normalized spacial score (nSPS) is 28.4. The van der Waals surface area contributed by atoms with Gasteiger partial charge in [0.2, 0.25) is 0 Å². The van der Waals surface area contributed by atoms with E-state index >= 15 is 0 Å². The summed E-state index contributed by atoms with van der Waals surface area (Å²) in [7, 11) is 1.64. The summed E-state index contributed by atoms with van der Waals surface area (Å²) < 4.78 is 10.4. The average Bonchev–Trinajstić information content (AvgIpc) is 2.42. The van der Waals surface area contributed by atoms with Gasteiger partial charge in [0.15, 0.2) is 0 Å². The van der Waals surface area contributed by atoms with Crippen molar-refractivity contribution in [3.63, 3.8) is 0 Å². The number of methoxy groups -OCH3 is 1. The van der Waals surface area contributed by atoms with Crippen molar-refractivity contribution in [2.24, 2.45) is 0 Å². The third-order valence-corrected chi connectivity index (χ3v) is 4.13. The Morgan fingerprint density at radius 2 is 2.05 bits per heavy atom. The van der Waals surface area contributed by atoms with E-state index in [-0.39, 0.29) is 6.10 Å². The van der Waals surface area contributed by atoms with E-state index in [1.54, 1.807) is 7.11 Å². The van der Waals surface area contributed by atoms with Gasteiger partial charge in [0, 0.05) is 39.3 Å². The van der Waals surface area contributed by atoms with Gasteiger partial charge in [-0.15, -0.1) is 0 Å². The van der Waals surface area contributed by atoms with Crippen LogP contribution in [0.15, 0.2) is 0 Å². The van der Waals surface area contributed by atoms with Crippen LogP contribution < -0.4 is 0 Å². The van der Waals surface area contributed by atoms with Crippen molar-refractivity contribution in [2.45, 2.75) is 31.4 Å². The van der Waals surface area contributed by atoms with E-state index in [9.17, 15) is 5.11 Å². The van der Waals surface area contributed by atoms with E-state index in [1.165, 1.54) is 19.3 Å². The Morgan fingerprint density at radius 1 is 1.26 bits per heavy atom. The molecule has 0 aromatic rings. The van der Waals surface area contributed by atoms with E-state index in [1.807, 2.05) is 0 Å². The summed E-state index contributed by atoms with van der Waals surface area (Å²) in [4.78, 5) is 4.94. The minimum absolute atomic E-state index is 0.365. The zero-order valence-electron chi connectivity index (χ0n) is 12.1. The SMILES string of the molecule is COC[C@H](O)CN1CCCC[C@@H]1CN1CCOCC1. The molecule has 2 fully saturated rings. The number of rotatable bonds is 6. The summed E-state index contributed by atoms with van der Waals surface area (Å²) in [5.74, 6) is 0. The molecule has 5 heteroatoms. The largest absolute Gasteiger partial charge is 0.389 e. The van der Waals surface area contributed by atoms with Gasteiger partial charge in [-0.1, -0.05) is 6.42 Å². The zero-order valence-corrected chi connectivity index (χ0v) is 12.1. The van der Waals surface area contributed by atoms with Crippen molar-refractivity contribution in [3.8, 4) is 0 Å². The molecule has 2 rings (SSSR count). The van der Waals surface area contributed by atoms with Gasteiger partial charge in [0.1, 0.15) is 0 Å². The molecule has 2 saturated heterocycles. The molecule has 0 bridgehead atoms. The lowest BCUT2D eigenvalue weighted by atomic mass is 10.0. The molecule has 0 aromatic heterocycles. The molecule has 0 radical (unpaired) electrons. The van der Waals surface area contributed by atoms with E-state index in [2.05, 4.69) is 9.80 Å². The number of morpholine rings is 1. The first-order chi connectivity index (χ1) is 9.29. The highest BCUT2D eigenvalue weighted by Crippen LogP contribution is 2.18. The van der Waals surface area contributed by atoms with Crippen LogP contribution >= 0.6 is 0 Å². The maximum absolute atomic E-state index is 9.92. The zero-order chi connectivity index (χ0) is 13.5. The molecule has 5 nitrogen and oxygen atoms in total. The molecule has 0 saturated carbocycles. The first-order valence-corrected chi connectivity index (χ1v) is 7.50. The number of hydrogen-bond donors (Lipinski definition) is 1. The topological polar surface area (TPSA) is 45.2 Å². The molecule has 1 N–H and O–H groups in total. The number of hydrogen-bond acceptors (Lipinski definition) is 5. The quantitative estimate of drug-likeness (QED) is 0.747. The highest BCUT2D eigenvalue weighted by atomic mass is 16.5. The molecule has 0 aromatic carbocycles. The van der Waals surface area contributed by atoms with E-state index in [4.69, 9.17) is 9.47 Å². The lowest BCUT2D eigenvalue weighted by molar-refractivity contribution is -0.00616. The standard InChI is InChI=1S/C14H28N2O3/c1-18-12-14(17)11-16-5-3-2-4-13(16)10-15-6-8-19-9-7-15/h13-14,17H,2-12H2,1H3/t13-,14-/m1/s1. The molecule has 0 unspecified atom stereocenters. The average molecular weight is 272 g/mol. The molecule has 2 aliphatic heterocycles. The van der Waals surface area contributed by atoms with Gasteiger partial charge in [-0.05, 0) is 19.4 Å². The van der Waals surface area contributed by atoms with E-state index < -0.39 is 0 Å². The van der Waals surface area contributed by atoms with Crippen molar-refractivity contribution in [3.05, 3.63) is 0 Å². The van der Waals surface area contributed by atoms with Crippen molar-refractivity contribution in [2.75, 3.05) is 59.7 Å². The Bertz CT molecular complexity index is 247. The highest BCUT2D eigenvalue weighted by Gasteiger charge is 2.26. The maximum Gasteiger partial charge on any atom is 0.0900 e. The monoisotopic (exact) mass is 272 g/mol. The van der Waals surface area contributed by atoms with Gasteiger partial charge in [0.25, 0.3) is 0 Å². The molecule has 19 heavy (non-hydrogen) atoms. The molecular weight excluding hydrogens is 244 g/mol. The number of aliphatic hydroxyl groups excluding tert-OH is 1. The lowest BCUT2D eigenvalue weighted by Gasteiger charge is -2.40. The molecular formula is C14H28N2O3. The van der Waals surface area contributed by atoms with Crippen molar-refractivity contribution in [1.29, 1.82) is 0 Å². The summed E-state index contributed by atoms with van der Waals surface area (Å²) >= 11 is 0. The van der Waals surface area contributed by atoms with Crippen molar-refractivity contribution >= 4 is 0 Å².